The quantitative estimate of drug-likeness (QED) is 0.507. The van der Waals surface area contributed by atoms with Gasteiger partial charge >= 0.3 is 0 Å². The zero-order valence-corrected chi connectivity index (χ0v) is 12.0. The lowest BCUT2D eigenvalue weighted by molar-refractivity contribution is -0.384. The Kier molecular flexibility index (Phi) is 4.38. The van der Waals surface area contributed by atoms with Crippen molar-refractivity contribution in [2.75, 3.05) is 11.2 Å². The van der Waals surface area contributed by atoms with E-state index >= 15 is 0 Å². The lowest BCUT2D eigenvalue weighted by atomic mass is 10.2. The highest BCUT2D eigenvalue weighted by Crippen LogP contribution is 2.30. The molecule has 1 aromatic carbocycles. The fourth-order valence-electron chi connectivity index (χ4n) is 1.29. The number of nitro benzene ring substituents is 1. The first-order valence-corrected chi connectivity index (χ1v) is 6.74. The fourth-order valence-corrected chi connectivity index (χ4v) is 2.34. The van der Waals surface area contributed by atoms with Gasteiger partial charge in [0.2, 0.25) is 5.13 Å². The molecule has 20 heavy (non-hydrogen) atoms. The average molecular weight is 332 g/mol. The van der Waals surface area contributed by atoms with E-state index in [2.05, 4.69) is 15.5 Å². The van der Waals surface area contributed by atoms with E-state index in [0.717, 1.165) is 0 Å². The van der Waals surface area contributed by atoms with Gasteiger partial charge in [-0.3, -0.25) is 15.5 Å². The van der Waals surface area contributed by atoms with Gasteiger partial charge in [-0.25, -0.2) is 4.98 Å². The Labute approximate surface area is 127 Å². The van der Waals surface area contributed by atoms with Crippen LogP contribution in [0.2, 0.25) is 10.0 Å². The van der Waals surface area contributed by atoms with Crippen LogP contribution in [0.15, 0.2) is 22.6 Å². The molecule has 0 saturated heterocycles. The molecule has 0 amide bonds. The van der Waals surface area contributed by atoms with E-state index in [0.29, 0.717) is 16.5 Å². The number of nitrogens with one attached hydrogen (secondary N) is 1. The number of hydrazone groups is 1. The molecule has 0 saturated carbocycles. The number of nitrogens with zero attached hydrogens (tertiary/aromatic N) is 3. The number of hydrogen-bond acceptors (Lipinski definition) is 7. The van der Waals surface area contributed by atoms with Crippen molar-refractivity contribution >= 4 is 57.4 Å². The van der Waals surface area contributed by atoms with E-state index in [1.165, 1.54) is 29.7 Å². The summed E-state index contributed by atoms with van der Waals surface area (Å²) in [7, 11) is 0. The maximum absolute atomic E-state index is 10.8. The van der Waals surface area contributed by atoms with Crippen LogP contribution in [0, 0.1) is 10.1 Å². The summed E-state index contributed by atoms with van der Waals surface area (Å²) in [5.41, 5.74) is 8.21. The highest BCUT2D eigenvalue weighted by Gasteiger charge is 2.15. The maximum Gasteiger partial charge on any atom is 0.288 e. The third kappa shape index (κ3) is 3.35. The lowest BCUT2D eigenvalue weighted by Crippen LogP contribution is -1.95. The molecule has 7 nitrogen and oxygen atoms in total. The standard InChI is InChI=1S/C10H7Cl2N5O2S/c11-6-2-7(12)8(17(18)19)1-5(6)3-14-16-10-15-9(13)4-20-10/h1-4H,13H2,(H,15,16). The highest BCUT2D eigenvalue weighted by atomic mass is 35.5. The lowest BCUT2D eigenvalue weighted by Gasteiger charge is -2.00. The fraction of sp³-hybridized carbons (Fsp3) is 0. The molecule has 0 aliphatic heterocycles. The Bertz CT molecular complexity index is 688. The van der Waals surface area contributed by atoms with Crippen molar-refractivity contribution < 1.29 is 4.92 Å². The number of halogens is 2. The van der Waals surface area contributed by atoms with E-state index in [9.17, 15) is 10.1 Å². The van der Waals surface area contributed by atoms with Crippen LogP contribution >= 0.6 is 34.5 Å². The summed E-state index contributed by atoms with van der Waals surface area (Å²) in [5, 5.41) is 17.0. The molecule has 2 aromatic rings. The molecule has 0 radical (unpaired) electrons. The predicted octanol–water partition coefficient (Wildman–Crippen LogP) is 3.39. The molecule has 0 spiro atoms. The first kappa shape index (κ1) is 14.5. The Hall–Kier alpha value is -1.90. The number of rotatable bonds is 4. The van der Waals surface area contributed by atoms with Gasteiger partial charge in [0.15, 0.2) is 0 Å². The molecule has 0 fully saturated rings. The van der Waals surface area contributed by atoms with Crippen molar-refractivity contribution in [2.24, 2.45) is 5.10 Å². The molecule has 0 atom stereocenters. The minimum Gasteiger partial charge on any atom is -0.383 e. The number of anilines is 2. The van der Waals surface area contributed by atoms with E-state index in [1.807, 2.05) is 0 Å². The highest BCUT2D eigenvalue weighted by molar-refractivity contribution is 7.14. The van der Waals surface area contributed by atoms with Crippen LogP contribution in [0.4, 0.5) is 16.6 Å². The molecule has 104 valence electrons. The third-order valence-corrected chi connectivity index (χ3v) is 3.54. The molecule has 0 bridgehead atoms. The molecule has 1 aromatic heterocycles. The molecular weight excluding hydrogens is 325 g/mol. The Morgan fingerprint density at radius 2 is 2.20 bits per heavy atom. The second kappa shape index (κ2) is 6.04. The number of hydrogen-bond donors (Lipinski definition) is 2. The topological polar surface area (TPSA) is 106 Å². The zero-order valence-electron chi connectivity index (χ0n) is 9.71. The van der Waals surface area contributed by atoms with Gasteiger partial charge in [-0.2, -0.15) is 5.10 Å². The van der Waals surface area contributed by atoms with Crippen LogP contribution in [0.3, 0.4) is 0 Å². The number of thiazole rings is 1. The number of nitro groups is 1. The third-order valence-electron chi connectivity index (χ3n) is 2.15. The van der Waals surface area contributed by atoms with Crippen molar-refractivity contribution in [3.05, 3.63) is 43.2 Å². The molecule has 0 aliphatic rings. The summed E-state index contributed by atoms with van der Waals surface area (Å²) in [4.78, 5) is 14.1. The Morgan fingerprint density at radius 3 is 2.80 bits per heavy atom. The summed E-state index contributed by atoms with van der Waals surface area (Å²) in [6, 6.07) is 2.54. The van der Waals surface area contributed by atoms with Crippen LogP contribution in [0.25, 0.3) is 0 Å². The molecule has 0 aliphatic carbocycles. The van der Waals surface area contributed by atoms with Gasteiger partial charge in [-0.15, -0.1) is 11.3 Å². The second-order valence-electron chi connectivity index (χ2n) is 3.53. The minimum absolute atomic E-state index is 0.0298. The first-order chi connectivity index (χ1) is 9.47. The van der Waals surface area contributed by atoms with E-state index < -0.39 is 4.92 Å². The summed E-state index contributed by atoms with van der Waals surface area (Å²) in [6.07, 6.45) is 1.34. The molecule has 2 rings (SSSR count). The number of nitrogen functional groups attached to an aromatic ring is 1. The first-order valence-electron chi connectivity index (χ1n) is 5.11. The zero-order chi connectivity index (χ0) is 14.7. The largest absolute Gasteiger partial charge is 0.383 e. The van der Waals surface area contributed by atoms with Gasteiger partial charge in [0.1, 0.15) is 10.8 Å². The smallest absolute Gasteiger partial charge is 0.288 e. The van der Waals surface area contributed by atoms with Gasteiger partial charge in [-0.1, -0.05) is 23.2 Å². The number of aromatic nitrogens is 1. The minimum atomic E-state index is -0.592. The van der Waals surface area contributed by atoms with Gasteiger partial charge in [-0.05, 0) is 6.07 Å². The number of benzene rings is 1. The summed E-state index contributed by atoms with van der Waals surface area (Å²) in [5.74, 6) is 0.382. The Balaban J connectivity index is 2.20. The van der Waals surface area contributed by atoms with E-state index in [4.69, 9.17) is 28.9 Å². The van der Waals surface area contributed by atoms with Crippen molar-refractivity contribution in [3.8, 4) is 0 Å². The summed E-state index contributed by atoms with van der Waals surface area (Å²) in [6.45, 7) is 0. The Morgan fingerprint density at radius 1 is 1.45 bits per heavy atom. The number of nitrogens with two attached hydrogens (primary N) is 1. The van der Waals surface area contributed by atoms with Gasteiger partial charge in [0.05, 0.1) is 16.2 Å². The average Bonchev–Trinajstić information content (AvgIpc) is 2.77. The van der Waals surface area contributed by atoms with Crippen molar-refractivity contribution in [3.63, 3.8) is 0 Å². The monoisotopic (exact) mass is 331 g/mol. The SMILES string of the molecule is Nc1csc(NN=Cc2cc([N+](=O)[O-])c(Cl)cc2Cl)n1. The molecule has 1 heterocycles. The van der Waals surface area contributed by atoms with Crippen molar-refractivity contribution in [1.82, 2.24) is 4.98 Å². The van der Waals surface area contributed by atoms with E-state index in [-0.39, 0.29) is 15.7 Å². The second-order valence-corrected chi connectivity index (χ2v) is 5.20. The van der Waals surface area contributed by atoms with Crippen molar-refractivity contribution in [1.29, 1.82) is 0 Å². The van der Waals surface area contributed by atoms with Crippen LogP contribution in [0.5, 0.6) is 0 Å². The molecule has 0 unspecified atom stereocenters. The summed E-state index contributed by atoms with van der Waals surface area (Å²) < 4.78 is 0. The van der Waals surface area contributed by atoms with Crippen LogP contribution in [-0.2, 0) is 0 Å². The van der Waals surface area contributed by atoms with E-state index in [1.54, 1.807) is 5.38 Å². The predicted molar refractivity (Wildman–Crippen MR) is 80.9 cm³/mol. The molecule has 10 heteroatoms. The summed E-state index contributed by atoms with van der Waals surface area (Å²) >= 11 is 12.9. The van der Waals surface area contributed by atoms with Gasteiger partial charge in [0.25, 0.3) is 5.69 Å². The van der Waals surface area contributed by atoms with Crippen LogP contribution in [0.1, 0.15) is 5.56 Å². The molecule has 3 N–H and O–H groups in total. The molecular formula is C10H7Cl2N5O2S. The van der Waals surface area contributed by atoms with Crippen LogP contribution < -0.4 is 11.2 Å². The normalized spacial score (nSPS) is 10.9. The maximum atomic E-state index is 10.8. The van der Waals surface area contributed by atoms with Gasteiger partial charge < -0.3 is 5.73 Å². The van der Waals surface area contributed by atoms with Crippen LogP contribution in [-0.4, -0.2) is 16.1 Å². The van der Waals surface area contributed by atoms with Crippen molar-refractivity contribution in [2.45, 2.75) is 0 Å². The van der Waals surface area contributed by atoms with Gasteiger partial charge in [0, 0.05) is 17.0 Å².